The van der Waals surface area contributed by atoms with E-state index in [1.165, 1.54) is 32.1 Å². The lowest BCUT2D eigenvalue weighted by Crippen LogP contribution is -2.34. The predicted octanol–water partition coefficient (Wildman–Crippen LogP) is 3.04. The van der Waals surface area contributed by atoms with Crippen molar-refractivity contribution in [3.63, 3.8) is 0 Å². The quantitative estimate of drug-likeness (QED) is 0.829. The van der Waals surface area contributed by atoms with Crippen molar-refractivity contribution in [3.05, 3.63) is 29.8 Å². The molecule has 0 heterocycles. The molecule has 1 saturated carbocycles. The van der Waals surface area contributed by atoms with Gasteiger partial charge in [-0.25, -0.2) is 0 Å². The molecule has 0 spiro atoms. The molecule has 1 aliphatic rings. The molecule has 1 aliphatic carbocycles. The van der Waals surface area contributed by atoms with Crippen molar-refractivity contribution in [1.82, 2.24) is 5.32 Å². The zero-order valence-corrected chi connectivity index (χ0v) is 11.8. The average Bonchev–Trinajstić information content (AvgIpc) is 2.46. The third-order valence-electron chi connectivity index (χ3n) is 3.76. The number of ether oxygens (including phenoxy) is 1. The first-order chi connectivity index (χ1) is 9.29. The van der Waals surface area contributed by atoms with Crippen LogP contribution in [0, 0.1) is 0 Å². The van der Waals surface area contributed by atoms with Gasteiger partial charge < -0.3 is 15.2 Å². The molecule has 2 N–H and O–H groups in total. The second kappa shape index (κ2) is 7.51. The van der Waals surface area contributed by atoms with Crippen LogP contribution in [0.15, 0.2) is 24.3 Å². The molecule has 1 atom stereocenters. The van der Waals surface area contributed by atoms with E-state index in [9.17, 15) is 5.11 Å². The molecule has 0 aliphatic heterocycles. The highest BCUT2D eigenvalue weighted by Gasteiger charge is 2.15. The molecule has 2 rings (SSSR count). The van der Waals surface area contributed by atoms with Crippen molar-refractivity contribution in [2.24, 2.45) is 0 Å². The fourth-order valence-electron chi connectivity index (χ4n) is 2.68. The van der Waals surface area contributed by atoms with Gasteiger partial charge in [0.25, 0.3) is 0 Å². The Balaban J connectivity index is 1.84. The maximum absolute atomic E-state index is 10.2. The number of hydrogen-bond acceptors (Lipinski definition) is 3. The lowest BCUT2D eigenvalue weighted by Gasteiger charge is -2.24. The highest BCUT2D eigenvalue weighted by atomic mass is 16.5. The van der Waals surface area contributed by atoms with E-state index in [2.05, 4.69) is 5.32 Å². The van der Waals surface area contributed by atoms with Gasteiger partial charge in [0.05, 0.1) is 12.7 Å². The van der Waals surface area contributed by atoms with Crippen LogP contribution in [-0.2, 0) is 0 Å². The van der Waals surface area contributed by atoms with Crippen LogP contribution in [0.4, 0.5) is 0 Å². The smallest absolute Gasteiger partial charge is 0.119 e. The van der Waals surface area contributed by atoms with Gasteiger partial charge in [0.2, 0.25) is 0 Å². The maximum Gasteiger partial charge on any atom is 0.119 e. The molecular formula is C16H25NO2. The third kappa shape index (κ3) is 4.51. The normalized spacial score (nSPS) is 18.2. The first-order valence-corrected chi connectivity index (χ1v) is 7.44. The highest BCUT2D eigenvalue weighted by molar-refractivity contribution is 5.30. The van der Waals surface area contributed by atoms with Crippen LogP contribution in [0.25, 0.3) is 0 Å². The first-order valence-electron chi connectivity index (χ1n) is 7.44. The summed E-state index contributed by atoms with van der Waals surface area (Å²) in [7, 11) is 0. The average molecular weight is 263 g/mol. The minimum atomic E-state index is -0.456. The van der Waals surface area contributed by atoms with Gasteiger partial charge in [-0.15, -0.1) is 0 Å². The van der Waals surface area contributed by atoms with Crippen LogP contribution in [-0.4, -0.2) is 24.3 Å². The first kappa shape index (κ1) is 14.4. The summed E-state index contributed by atoms with van der Waals surface area (Å²) in [4.78, 5) is 0. The summed E-state index contributed by atoms with van der Waals surface area (Å²) in [6.45, 7) is 3.24. The number of nitrogens with one attached hydrogen (secondary N) is 1. The van der Waals surface area contributed by atoms with Crippen LogP contribution in [0.1, 0.15) is 50.7 Å². The number of benzene rings is 1. The van der Waals surface area contributed by atoms with Gasteiger partial charge in [0, 0.05) is 12.6 Å². The van der Waals surface area contributed by atoms with Crippen LogP contribution in [0.3, 0.4) is 0 Å². The number of aliphatic hydroxyl groups excluding tert-OH is 1. The van der Waals surface area contributed by atoms with Crippen molar-refractivity contribution in [3.8, 4) is 5.75 Å². The maximum atomic E-state index is 10.2. The summed E-state index contributed by atoms with van der Waals surface area (Å²) in [6, 6.07) is 8.32. The number of hydrogen-bond donors (Lipinski definition) is 2. The molecule has 0 amide bonds. The molecule has 106 valence electrons. The molecule has 1 fully saturated rings. The summed E-state index contributed by atoms with van der Waals surface area (Å²) in [5.74, 6) is 0.830. The fraction of sp³-hybridized carbons (Fsp3) is 0.625. The van der Waals surface area contributed by atoms with Crippen LogP contribution < -0.4 is 10.1 Å². The van der Waals surface area contributed by atoms with E-state index >= 15 is 0 Å². The van der Waals surface area contributed by atoms with E-state index in [1.807, 2.05) is 31.2 Å². The molecule has 1 aromatic rings. The third-order valence-corrected chi connectivity index (χ3v) is 3.76. The van der Waals surface area contributed by atoms with E-state index in [1.54, 1.807) is 0 Å². The molecule has 0 saturated heterocycles. The molecule has 3 nitrogen and oxygen atoms in total. The molecule has 1 unspecified atom stereocenters. The SMILES string of the molecule is CCOc1cccc(C(O)CNC2CCCCC2)c1. The Morgan fingerprint density at radius 3 is 2.84 bits per heavy atom. The molecule has 0 radical (unpaired) electrons. The van der Waals surface area contributed by atoms with Gasteiger partial charge >= 0.3 is 0 Å². The van der Waals surface area contributed by atoms with Crippen molar-refractivity contribution in [1.29, 1.82) is 0 Å². The molecule has 0 bridgehead atoms. The molecule has 3 heteroatoms. The van der Waals surface area contributed by atoms with Gasteiger partial charge in [-0.1, -0.05) is 31.4 Å². The van der Waals surface area contributed by atoms with Crippen molar-refractivity contribution in [2.45, 2.75) is 51.2 Å². The van der Waals surface area contributed by atoms with Crippen molar-refractivity contribution in [2.75, 3.05) is 13.2 Å². The zero-order valence-electron chi connectivity index (χ0n) is 11.8. The monoisotopic (exact) mass is 263 g/mol. The lowest BCUT2D eigenvalue weighted by molar-refractivity contribution is 0.165. The minimum Gasteiger partial charge on any atom is -0.494 e. The van der Waals surface area contributed by atoms with Gasteiger partial charge in [0.15, 0.2) is 0 Å². The Morgan fingerprint density at radius 2 is 2.11 bits per heavy atom. The second-order valence-corrected chi connectivity index (χ2v) is 5.26. The van der Waals surface area contributed by atoms with Crippen LogP contribution in [0.2, 0.25) is 0 Å². The molecule has 0 aromatic heterocycles. The van der Waals surface area contributed by atoms with Crippen molar-refractivity contribution < 1.29 is 9.84 Å². The Bertz CT molecular complexity index is 375. The summed E-state index contributed by atoms with van der Waals surface area (Å²) in [5, 5.41) is 13.7. The Kier molecular flexibility index (Phi) is 5.67. The Hall–Kier alpha value is -1.06. The number of aliphatic hydroxyl groups is 1. The predicted molar refractivity (Wildman–Crippen MR) is 77.4 cm³/mol. The second-order valence-electron chi connectivity index (χ2n) is 5.26. The lowest BCUT2D eigenvalue weighted by atomic mass is 9.95. The standard InChI is InChI=1S/C16H25NO2/c1-2-19-15-10-6-7-13(11-15)16(18)12-17-14-8-4-3-5-9-14/h6-7,10-11,14,16-18H,2-5,8-9,12H2,1H3. The van der Waals surface area contributed by atoms with Gasteiger partial charge in [-0.05, 0) is 37.5 Å². The minimum absolute atomic E-state index is 0.456. The van der Waals surface area contributed by atoms with Crippen LogP contribution >= 0.6 is 0 Å². The summed E-state index contributed by atoms with van der Waals surface area (Å²) in [5.41, 5.74) is 0.925. The Morgan fingerprint density at radius 1 is 1.32 bits per heavy atom. The van der Waals surface area contributed by atoms with Gasteiger partial charge in [0.1, 0.15) is 5.75 Å². The van der Waals surface area contributed by atoms with Crippen molar-refractivity contribution >= 4 is 0 Å². The molecular weight excluding hydrogens is 238 g/mol. The highest BCUT2D eigenvalue weighted by Crippen LogP contribution is 2.21. The fourth-order valence-corrected chi connectivity index (χ4v) is 2.68. The summed E-state index contributed by atoms with van der Waals surface area (Å²) >= 11 is 0. The van der Waals surface area contributed by atoms with E-state index < -0.39 is 6.10 Å². The summed E-state index contributed by atoms with van der Waals surface area (Å²) in [6.07, 6.45) is 6.01. The Labute approximate surface area is 116 Å². The van der Waals surface area contributed by atoms with E-state index in [-0.39, 0.29) is 0 Å². The molecule has 19 heavy (non-hydrogen) atoms. The van der Waals surface area contributed by atoms with E-state index in [0.717, 1.165) is 11.3 Å². The summed E-state index contributed by atoms with van der Waals surface area (Å²) < 4.78 is 5.46. The molecule has 1 aromatic carbocycles. The van der Waals surface area contributed by atoms with Gasteiger partial charge in [-0.3, -0.25) is 0 Å². The topological polar surface area (TPSA) is 41.5 Å². The van der Waals surface area contributed by atoms with Gasteiger partial charge in [-0.2, -0.15) is 0 Å². The van der Waals surface area contributed by atoms with E-state index in [4.69, 9.17) is 4.74 Å². The largest absolute Gasteiger partial charge is 0.494 e. The zero-order chi connectivity index (χ0) is 13.5. The van der Waals surface area contributed by atoms with Crippen LogP contribution in [0.5, 0.6) is 5.75 Å². The van der Waals surface area contributed by atoms with E-state index in [0.29, 0.717) is 19.2 Å². The number of rotatable bonds is 6.